The fraction of sp³-hybridized carbons (Fsp3) is 0.760. The molecule has 0 amide bonds. The largest absolute Gasteiger partial charge is 0.461 e. The fourth-order valence-electron chi connectivity index (χ4n) is 3.11. The van der Waals surface area contributed by atoms with Crippen molar-refractivity contribution in [1.29, 1.82) is 5.26 Å². The van der Waals surface area contributed by atoms with Crippen LogP contribution in [0.3, 0.4) is 0 Å². The molecule has 3 heteroatoms. The van der Waals surface area contributed by atoms with Gasteiger partial charge in [0.25, 0.3) is 0 Å². The van der Waals surface area contributed by atoms with Crippen LogP contribution in [-0.4, -0.2) is 12.6 Å². The van der Waals surface area contributed by atoms with Gasteiger partial charge in [-0.05, 0) is 44.6 Å². The van der Waals surface area contributed by atoms with Crippen LogP contribution in [-0.2, 0) is 9.53 Å². The third-order valence-electron chi connectivity index (χ3n) is 4.91. The Morgan fingerprint density at radius 3 is 1.86 bits per heavy atom. The summed E-state index contributed by atoms with van der Waals surface area (Å²) in [6.07, 6.45) is 25.8. The number of unbranched alkanes of at least 4 members (excludes halogenated alkanes) is 13. The van der Waals surface area contributed by atoms with Crippen molar-refractivity contribution < 1.29 is 9.53 Å². The third kappa shape index (κ3) is 20.7. The highest BCUT2D eigenvalue weighted by Gasteiger charge is 2.03. The lowest BCUT2D eigenvalue weighted by atomic mass is 10.1. The highest BCUT2D eigenvalue weighted by molar-refractivity contribution is 5.69. The van der Waals surface area contributed by atoms with Crippen molar-refractivity contribution in [3.8, 4) is 6.07 Å². The normalized spacial score (nSPS) is 11.7. The third-order valence-corrected chi connectivity index (χ3v) is 4.91. The van der Waals surface area contributed by atoms with Crippen LogP contribution in [0.5, 0.6) is 0 Å². The first-order valence-corrected chi connectivity index (χ1v) is 11.6. The van der Waals surface area contributed by atoms with E-state index >= 15 is 0 Å². The summed E-state index contributed by atoms with van der Waals surface area (Å²) in [5.41, 5.74) is 0.786. The maximum absolute atomic E-state index is 11.6. The zero-order valence-corrected chi connectivity index (χ0v) is 18.5. The summed E-state index contributed by atoms with van der Waals surface area (Å²) in [4.78, 5) is 11.6. The van der Waals surface area contributed by atoms with Gasteiger partial charge in [-0.3, -0.25) is 4.79 Å². The van der Waals surface area contributed by atoms with Crippen LogP contribution in [0.25, 0.3) is 0 Å². The number of carbonyl (C=O) groups excluding carboxylic acids is 1. The van der Waals surface area contributed by atoms with Gasteiger partial charge in [-0.2, -0.15) is 5.26 Å². The standard InChI is InChI=1S/C25H43NO2/c1-3-4-5-6-7-8-9-10-11-12-13-14-15-16-17-18-19-20-25(27)28-23-24(2)21-22-26/h8-9,21H,3-7,10-20,23H2,1-2H3/b9-8-,24-21+. The quantitative estimate of drug-likeness (QED) is 0.0979. The lowest BCUT2D eigenvalue weighted by Crippen LogP contribution is -2.06. The molecule has 0 spiro atoms. The number of ether oxygens (including phenoxy) is 1. The van der Waals surface area contributed by atoms with Gasteiger partial charge in [-0.1, -0.05) is 83.3 Å². The van der Waals surface area contributed by atoms with Crippen LogP contribution < -0.4 is 0 Å². The minimum atomic E-state index is -0.152. The molecule has 0 bridgehead atoms. The van der Waals surface area contributed by atoms with Crippen molar-refractivity contribution in [2.45, 2.75) is 117 Å². The van der Waals surface area contributed by atoms with Crippen LogP contribution in [0.4, 0.5) is 0 Å². The number of esters is 1. The van der Waals surface area contributed by atoms with Crippen molar-refractivity contribution in [3.05, 3.63) is 23.8 Å². The summed E-state index contributed by atoms with van der Waals surface area (Å²) in [7, 11) is 0. The average Bonchev–Trinajstić information content (AvgIpc) is 2.69. The maximum atomic E-state index is 11.6. The molecule has 0 aromatic rings. The van der Waals surface area contributed by atoms with E-state index in [0.29, 0.717) is 6.42 Å². The highest BCUT2D eigenvalue weighted by Crippen LogP contribution is 2.12. The molecule has 0 heterocycles. The van der Waals surface area contributed by atoms with Gasteiger partial charge in [-0.25, -0.2) is 0 Å². The molecule has 0 radical (unpaired) electrons. The van der Waals surface area contributed by atoms with Crippen molar-refractivity contribution >= 4 is 5.97 Å². The Morgan fingerprint density at radius 1 is 0.821 bits per heavy atom. The Hall–Kier alpha value is -1.56. The van der Waals surface area contributed by atoms with Crippen molar-refractivity contribution in [2.24, 2.45) is 0 Å². The van der Waals surface area contributed by atoms with Crippen LogP contribution in [0.15, 0.2) is 23.8 Å². The summed E-state index contributed by atoms with van der Waals surface area (Å²) in [5.74, 6) is -0.152. The molecule has 0 aliphatic heterocycles. The topological polar surface area (TPSA) is 50.1 Å². The van der Waals surface area contributed by atoms with E-state index in [1.165, 1.54) is 89.5 Å². The van der Waals surface area contributed by atoms with Crippen molar-refractivity contribution in [3.63, 3.8) is 0 Å². The molecular formula is C25H43NO2. The number of rotatable bonds is 19. The van der Waals surface area contributed by atoms with Gasteiger partial charge in [0.1, 0.15) is 6.61 Å². The summed E-state index contributed by atoms with van der Waals surface area (Å²) in [6.45, 7) is 4.29. The zero-order valence-electron chi connectivity index (χ0n) is 18.5. The van der Waals surface area contributed by atoms with E-state index in [1.54, 1.807) is 6.92 Å². The molecule has 160 valence electrons. The zero-order chi connectivity index (χ0) is 20.7. The molecule has 0 atom stereocenters. The molecule has 0 aliphatic carbocycles. The van der Waals surface area contributed by atoms with E-state index in [9.17, 15) is 4.79 Å². The molecule has 28 heavy (non-hydrogen) atoms. The number of carbonyl (C=O) groups is 1. The molecule has 0 aromatic heterocycles. The van der Waals surface area contributed by atoms with Gasteiger partial charge in [0, 0.05) is 12.5 Å². The average molecular weight is 390 g/mol. The first-order chi connectivity index (χ1) is 13.7. The Kier molecular flexibility index (Phi) is 20.5. The SMILES string of the molecule is CCCCCC/C=C\CCCCCCCCCCCC(=O)OC/C(C)=C/C#N. The van der Waals surface area contributed by atoms with Crippen LogP contribution >= 0.6 is 0 Å². The summed E-state index contributed by atoms with van der Waals surface area (Å²) in [6, 6.07) is 1.94. The maximum Gasteiger partial charge on any atom is 0.306 e. The number of nitrogens with zero attached hydrogens (tertiary/aromatic N) is 1. The number of hydrogen-bond acceptors (Lipinski definition) is 3. The molecule has 0 aromatic carbocycles. The second-order valence-electron chi connectivity index (χ2n) is 7.82. The molecule has 0 unspecified atom stereocenters. The van der Waals surface area contributed by atoms with Gasteiger partial charge < -0.3 is 4.74 Å². The van der Waals surface area contributed by atoms with Gasteiger partial charge in [0.15, 0.2) is 0 Å². The fourth-order valence-corrected chi connectivity index (χ4v) is 3.11. The van der Waals surface area contributed by atoms with Crippen LogP contribution in [0, 0.1) is 11.3 Å². The molecular weight excluding hydrogens is 346 g/mol. The van der Waals surface area contributed by atoms with Crippen LogP contribution in [0.1, 0.15) is 117 Å². The minimum Gasteiger partial charge on any atom is -0.461 e. The smallest absolute Gasteiger partial charge is 0.306 e. The predicted molar refractivity (Wildman–Crippen MR) is 119 cm³/mol. The molecule has 3 nitrogen and oxygen atoms in total. The number of hydrogen-bond donors (Lipinski definition) is 0. The van der Waals surface area contributed by atoms with Crippen molar-refractivity contribution in [2.75, 3.05) is 6.61 Å². The van der Waals surface area contributed by atoms with Crippen molar-refractivity contribution in [1.82, 2.24) is 0 Å². The van der Waals surface area contributed by atoms with Gasteiger partial charge in [-0.15, -0.1) is 0 Å². The second kappa shape index (κ2) is 21.7. The summed E-state index contributed by atoms with van der Waals surface area (Å²) < 4.78 is 5.12. The van der Waals surface area contributed by atoms with E-state index in [0.717, 1.165) is 18.4 Å². The van der Waals surface area contributed by atoms with Gasteiger partial charge >= 0.3 is 5.97 Å². The lowest BCUT2D eigenvalue weighted by Gasteiger charge is -2.05. The first kappa shape index (κ1) is 26.4. The monoisotopic (exact) mass is 389 g/mol. The summed E-state index contributed by atoms with van der Waals surface area (Å²) >= 11 is 0. The van der Waals surface area contributed by atoms with E-state index in [4.69, 9.17) is 10.00 Å². The Morgan fingerprint density at radius 2 is 1.32 bits per heavy atom. The molecule has 0 aliphatic rings. The van der Waals surface area contributed by atoms with E-state index in [1.807, 2.05) is 6.07 Å². The van der Waals surface area contributed by atoms with E-state index in [-0.39, 0.29) is 12.6 Å². The molecule has 0 N–H and O–H groups in total. The number of allylic oxidation sites excluding steroid dienone is 3. The Bertz CT molecular complexity index is 460. The molecule has 0 saturated heterocycles. The molecule has 0 saturated carbocycles. The molecule has 0 fully saturated rings. The Labute approximate surface area is 174 Å². The van der Waals surface area contributed by atoms with E-state index < -0.39 is 0 Å². The lowest BCUT2D eigenvalue weighted by molar-refractivity contribution is -0.142. The predicted octanol–water partition coefficient (Wildman–Crippen LogP) is 7.82. The van der Waals surface area contributed by atoms with Gasteiger partial charge in [0.2, 0.25) is 0 Å². The Balaban J connectivity index is 3.25. The first-order valence-electron chi connectivity index (χ1n) is 11.6. The van der Waals surface area contributed by atoms with E-state index in [2.05, 4.69) is 19.1 Å². The molecule has 0 rings (SSSR count). The second-order valence-corrected chi connectivity index (χ2v) is 7.82. The highest BCUT2D eigenvalue weighted by atomic mass is 16.5. The summed E-state index contributed by atoms with van der Waals surface area (Å²) in [5, 5.41) is 8.50. The minimum absolute atomic E-state index is 0.152. The van der Waals surface area contributed by atoms with Gasteiger partial charge in [0.05, 0.1) is 6.07 Å². The number of nitriles is 1. The van der Waals surface area contributed by atoms with Crippen LogP contribution in [0.2, 0.25) is 0 Å².